The molecule has 8 nitrogen and oxygen atoms in total. The van der Waals surface area contributed by atoms with Gasteiger partial charge in [0.25, 0.3) is 5.69 Å². The summed E-state index contributed by atoms with van der Waals surface area (Å²) >= 11 is 8.12. The molecule has 164 valence electrons. The fourth-order valence-corrected chi connectivity index (χ4v) is 4.48. The topological polar surface area (TPSA) is 96.0 Å². The van der Waals surface area contributed by atoms with Gasteiger partial charge in [-0.15, -0.1) is 16.4 Å². The van der Waals surface area contributed by atoms with Gasteiger partial charge in [-0.05, 0) is 35.7 Å². The quantitative estimate of drug-likeness (QED) is 0.168. The fraction of sp³-hybridized carbons (Fsp3) is 0.0870. The molecule has 0 spiro atoms. The number of benzene rings is 2. The van der Waals surface area contributed by atoms with Crippen molar-refractivity contribution in [3.05, 3.63) is 110 Å². The first-order chi connectivity index (χ1) is 16.1. The van der Waals surface area contributed by atoms with Crippen molar-refractivity contribution in [3.63, 3.8) is 0 Å². The Labute approximate surface area is 197 Å². The summed E-state index contributed by atoms with van der Waals surface area (Å²) in [5.74, 6) is 0. The molecule has 0 saturated heterocycles. The molecule has 5 aromatic rings. The number of hydrogen-bond acceptors (Lipinski definition) is 7. The van der Waals surface area contributed by atoms with E-state index in [-0.39, 0.29) is 12.3 Å². The van der Waals surface area contributed by atoms with Crippen LogP contribution in [0.15, 0.2) is 78.3 Å². The van der Waals surface area contributed by atoms with Crippen LogP contribution in [-0.4, -0.2) is 24.9 Å². The van der Waals surface area contributed by atoms with Crippen LogP contribution in [0.2, 0.25) is 5.15 Å². The third kappa shape index (κ3) is 4.47. The number of aromatic nitrogens is 4. The number of hydrogen-bond donors (Lipinski definition) is 0. The largest absolute Gasteiger partial charge is 0.361 e. The zero-order valence-electron chi connectivity index (χ0n) is 17.0. The normalized spacial score (nSPS) is 12.2. The minimum atomic E-state index is -0.443. The van der Waals surface area contributed by atoms with Crippen molar-refractivity contribution in [3.8, 4) is 5.69 Å². The molecule has 5 rings (SSSR count). The van der Waals surface area contributed by atoms with Crippen molar-refractivity contribution in [2.24, 2.45) is 0 Å². The first-order valence-electron chi connectivity index (χ1n) is 9.95. The summed E-state index contributed by atoms with van der Waals surface area (Å²) in [7, 11) is 0. The molecule has 0 saturated carbocycles. The number of nitro groups is 1. The van der Waals surface area contributed by atoms with E-state index in [0.717, 1.165) is 21.3 Å². The minimum Gasteiger partial charge on any atom is -0.361 e. The maximum atomic E-state index is 10.9. The standard InChI is InChI=1S/C23H16ClN5O3S/c24-23-19(12-15-4-1-2-5-20(15)25-23)22(21-6-3-11-33-21)32-14-16-13-28(27-26-16)17-7-9-18(10-8-17)29(30)31/h1-13,22H,14H2. The molecule has 3 aromatic heterocycles. The number of nitrogens with zero attached hydrogens (tertiary/aromatic N) is 5. The van der Waals surface area contributed by atoms with Crippen molar-refractivity contribution >= 4 is 39.5 Å². The summed E-state index contributed by atoms with van der Waals surface area (Å²) in [6, 6.07) is 19.8. The third-order valence-electron chi connectivity index (χ3n) is 5.05. The van der Waals surface area contributed by atoms with E-state index in [0.29, 0.717) is 16.5 Å². The van der Waals surface area contributed by atoms with Crippen molar-refractivity contribution in [2.75, 3.05) is 0 Å². The molecule has 1 unspecified atom stereocenters. The number of pyridine rings is 1. The lowest BCUT2D eigenvalue weighted by Gasteiger charge is -2.18. The monoisotopic (exact) mass is 477 g/mol. The predicted octanol–water partition coefficient (Wildman–Crippen LogP) is 5.74. The molecule has 2 aromatic carbocycles. The van der Waals surface area contributed by atoms with Gasteiger partial charge in [0.2, 0.25) is 0 Å². The van der Waals surface area contributed by atoms with E-state index >= 15 is 0 Å². The lowest BCUT2D eigenvalue weighted by molar-refractivity contribution is -0.384. The molecule has 0 fully saturated rings. The van der Waals surface area contributed by atoms with Gasteiger partial charge in [-0.25, -0.2) is 9.67 Å². The molecule has 0 aliphatic rings. The highest BCUT2D eigenvalue weighted by atomic mass is 35.5. The summed E-state index contributed by atoms with van der Waals surface area (Å²) in [5.41, 5.74) is 2.89. The van der Waals surface area contributed by atoms with Crippen molar-refractivity contribution in [1.29, 1.82) is 0 Å². The highest BCUT2D eigenvalue weighted by Crippen LogP contribution is 2.35. The second kappa shape index (κ2) is 9.07. The molecule has 0 aliphatic heterocycles. The highest BCUT2D eigenvalue weighted by molar-refractivity contribution is 7.10. The van der Waals surface area contributed by atoms with Gasteiger partial charge in [-0.3, -0.25) is 10.1 Å². The van der Waals surface area contributed by atoms with Crippen LogP contribution in [0.5, 0.6) is 0 Å². The lowest BCUT2D eigenvalue weighted by Crippen LogP contribution is -2.07. The van der Waals surface area contributed by atoms with Gasteiger partial charge in [-0.1, -0.05) is 41.1 Å². The number of halogens is 1. The minimum absolute atomic E-state index is 0.0158. The number of non-ortho nitro benzene ring substituents is 1. The van der Waals surface area contributed by atoms with Crippen LogP contribution >= 0.6 is 22.9 Å². The predicted molar refractivity (Wildman–Crippen MR) is 126 cm³/mol. The molecule has 0 amide bonds. The second-order valence-electron chi connectivity index (χ2n) is 7.20. The SMILES string of the molecule is O=[N+]([O-])c1ccc(-n2cc(COC(c3cccs3)c3cc4ccccc4nc3Cl)nn2)cc1. The number of thiophene rings is 1. The fourth-order valence-electron chi connectivity index (χ4n) is 3.44. The Bertz CT molecular complexity index is 1420. The third-order valence-corrected chi connectivity index (χ3v) is 6.27. The Morgan fingerprint density at radius 1 is 1.12 bits per heavy atom. The summed E-state index contributed by atoms with van der Waals surface area (Å²) < 4.78 is 7.82. The molecular formula is C23H16ClN5O3S. The smallest absolute Gasteiger partial charge is 0.269 e. The first-order valence-corrected chi connectivity index (χ1v) is 11.2. The lowest BCUT2D eigenvalue weighted by atomic mass is 10.1. The second-order valence-corrected chi connectivity index (χ2v) is 8.53. The summed E-state index contributed by atoms with van der Waals surface area (Å²) in [6.07, 6.45) is 1.31. The molecule has 0 aliphatic carbocycles. The van der Waals surface area contributed by atoms with Gasteiger partial charge in [0.15, 0.2) is 0 Å². The van der Waals surface area contributed by atoms with E-state index in [1.165, 1.54) is 12.1 Å². The van der Waals surface area contributed by atoms with E-state index in [9.17, 15) is 10.1 Å². The van der Waals surface area contributed by atoms with E-state index in [1.807, 2.05) is 47.8 Å². The van der Waals surface area contributed by atoms with Gasteiger partial charge in [-0.2, -0.15) is 0 Å². The van der Waals surface area contributed by atoms with Crippen LogP contribution in [-0.2, 0) is 11.3 Å². The Hall–Kier alpha value is -3.66. The molecule has 0 bridgehead atoms. The van der Waals surface area contributed by atoms with E-state index in [1.54, 1.807) is 34.3 Å². The maximum absolute atomic E-state index is 10.9. The van der Waals surface area contributed by atoms with E-state index in [2.05, 4.69) is 15.3 Å². The Morgan fingerprint density at radius 3 is 2.70 bits per heavy atom. The molecular weight excluding hydrogens is 462 g/mol. The molecule has 0 radical (unpaired) electrons. The van der Waals surface area contributed by atoms with Crippen LogP contribution in [0.25, 0.3) is 16.6 Å². The van der Waals surface area contributed by atoms with Gasteiger partial charge in [0.05, 0.1) is 28.9 Å². The first kappa shape index (κ1) is 21.2. The summed E-state index contributed by atoms with van der Waals surface area (Å²) in [4.78, 5) is 15.9. The molecule has 10 heteroatoms. The van der Waals surface area contributed by atoms with Gasteiger partial charge in [0, 0.05) is 28.0 Å². The van der Waals surface area contributed by atoms with Crippen molar-refractivity contribution < 1.29 is 9.66 Å². The Balaban J connectivity index is 1.40. The Kier molecular flexibility index (Phi) is 5.82. The van der Waals surface area contributed by atoms with Gasteiger partial charge < -0.3 is 4.74 Å². The van der Waals surface area contributed by atoms with Crippen LogP contribution in [0, 0.1) is 10.1 Å². The van der Waals surface area contributed by atoms with Crippen LogP contribution < -0.4 is 0 Å². The van der Waals surface area contributed by atoms with Gasteiger partial charge >= 0.3 is 0 Å². The van der Waals surface area contributed by atoms with Crippen LogP contribution in [0.1, 0.15) is 22.2 Å². The maximum Gasteiger partial charge on any atom is 0.269 e. The van der Waals surface area contributed by atoms with E-state index < -0.39 is 11.0 Å². The van der Waals surface area contributed by atoms with Crippen molar-refractivity contribution in [2.45, 2.75) is 12.7 Å². The molecule has 33 heavy (non-hydrogen) atoms. The van der Waals surface area contributed by atoms with Crippen LogP contribution in [0.3, 0.4) is 0 Å². The summed E-state index contributed by atoms with van der Waals surface area (Å²) in [6.45, 7) is 0.193. The molecule has 1 atom stereocenters. The number of rotatable bonds is 7. The van der Waals surface area contributed by atoms with Crippen LogP contribution in [0.4, 0.5) is 5.69 Å². The van der Waals surface area contributed by atoms with Gasteiger partial charge in [0.1, 0.15) is 17.0 Å². The molecule has 0 N–H and O–H groups in total. The van der Waals surface area contributed by atoms with Crippen molar-refractivity contribution in [1.82, 2.24) is 20.0 Å². The number of ether oxygens (including phenoxy) is 1. The zero-order chi connectivity index (χ0) is 22.8. The summed E-state index contributed by atoms with van der Waals surface area (Å²) in [5, 5.41) is 22.5. The zero-order valence-corrected chi connectivity index (χ0v) is 18.6. The number of fused-ring (bicyclic) bond motifs is 1. The Morgan fingerprint density at radius 2 is 1.94 bits per heavy atom. The number of para-hydroxylation sites is 1. The number of nitro benzene ring substituents is 1. The average molecular weight is 478 g/mol. The van der Waals surface area contributed by atoms with E-state index in [4.69, 9.17) is 16.3 Å². The average Bonchev–Trinajstić information content (AvgIpc) is 3.52. The molecule has 3 heterocycles. The highest BCUT2D eigenvalue weighted by Gasteiger charge is 2.21.